The lowest BCUT2D eigenvalue weighted by molar-refractivity contribution is 0.0729. The van der Waals surface area contributed by atoms with Crippen LogP contribution in [0.5, 0.6) is 0 Å². The summed E-state index contributed by atoms with van der Waals surface area (Å²) in [6.45, 7) is 4.24. The molecule has 1 fully saturated rings. The van der Waals surface area contributed by atoms with Gasteiger partial charge in [0, 0.05) is 31.0 Å². The molecule has 2 aromatic heterocycles. The molecule has 3 heterocycles. The van der Waals surface area contributed by atoms with Gasteiger partial charge in [0.1, 0.15) is 5.69 Å². The molecular formula is C20H23ClN4OS. The molecule has 1 saturated heterocycles. The van der Waals surface area contributed by atoms with Crippen molar-refractivity contribution in [3.63, 3.8) is 0 Å². The summed E-state index contributed by atoms with van der Waals surface area (Å²) >= 11 is 7.85. The quantitative estimate of drug-likeness (QED) is 0.625. The second kappa shape index (κ2) is 8.00. The molecule has 0 spiro atoms. The van der Waals surface area contributed by atoms with Gasteiger partial charge in [0.05, 0.1) is 16.4 Å². The Labute approximate surface area is 168 Å². The number of nitrogens with zero attached hydrogens (tertiary/aromatic N) is 4. The molecule has 1 aliphatic heterocycles. The lowest BCUT2D eigenvalue weighted by Crippen LogP contribution is -2.37. The van der Waals surface area contributed by atoms with Crippen molar-refractivity contribution in [2.24, 2.45) is 7.05 Å². The number of hydrogen-bond acceptors (Lipinski definition) is 4. The van der Waals surface area contributed by atoms with Crippen LogP contribution in [0.3, 0.4) is 0 Å². The van der Waals surface area contributed by atoms with Gasteiger partial charge in [-0.2, -0.15) is 5.10 Å². The number of carbonyl (C=O) groups is 1. The Morgan fingerprint density at radius 3 is 2.78 bits per heavy atom. The highest BCUT2D eigenvalue weighted by Crippen LogP contribution is 2.27. The number of thiophene rings is 1. The van der Waals surface area contributed by atoms with E-state index in [-0.39, 0.29) is 5.91 Å². The Balaban J connectivity index is 1.56. The molecule has 0 N–H and O–H groups in total. The Kier molecular flexibility index (Phi) is 5.48. The smallest absolute Gasteiger partial charge is 0.264 e. The number of halogens is 1. The van der Waals surface area contributed by atoms with E-state index in [1.54, 1.807) is 22.2 Å². The molecule has 0 unspecified atom stereocenters. The van der Waals surface area contributed by atoms with E-state index >= 15 is 0 Å². The largest absolute Gasteiger partial charge is 0.331 e. The van der Waals surface area contributed by atoms with E-state index in [0.29, 0.717) is 18.1 Å². The predicted molar refractivity (Wildman–Crippen MR) is 110 cm³/mol. The number of fused-ring (bicyclic) bond motifs is 1. The molecule has 1 aromatic carbocycles. The SMILES string of the molecule is Cn1cc(Cl)c(CN(CCN2CCCC2)C(=O)c2cc3ccccc3s2)n1. The third-order valence-corrected chi connectivity index (χ3v) is 6.42. The molecule has 1 amide bonds. The Morgan fingerprint density at radius 2 is 2.07 bits per heavy atom. The van der Waals surface area contributed by atoms with E-state index < -0.39 is 0 Å². The fraction of sp³-hybridized carbons (Fsp3) is 0.400. The van der Waals surface area contributed by atoms with Crippen molar-refractivity contribution in [3.05, 3.63) is 52.1 Å². The van der Waals surface area contributed by atoms with Gasteiger partial charge in [0.2, 0.25) is 0 Å². The summed E-state index contributed by atoms with van der Waals surface area (Å²) in [6.07, 6.45) is 4.27. The van der Waals surface area contributed by atoms with Crippen molar-refractivity contribution < 1.29 is 4.79 Å². The summed E-state index contributed by atoms with van der Waals surface area (Å²) in [5, 5.41) is 6.15. The molecule has 0 atom stereocenters. The van der Waals surface area contributed by atoms with Gasteiger partial charge in [-0.15, -0.1) is 11.3 Å². The van der Waals surface area contributed by atoms with Crippen LogP contribution in [0.4, 0.5) is 0 Å². The fourth-order valence-corrected chi connectivity index (χ4v) is 4.83. The molecule has 142 valence electrons. The van der Waals surface area contributed by atoms with E-state index in [2.05, 4.69) is 16.1 Å². The average molecular weight is 403 g/mol. The van der Waals surface area contributed by atoms with Crippen LogP contribution in [-0.2, 0) is 13.6 Å². The maximum absolute atomic E-state index is 13.3. The molecule has 3 aromatic rings. The molecule has 5 nitrogen and oxygen atoms in total. The molecule has 1 aliphatic rings. The number of hydrogen-bond donors (Lipinski definition) is 0. The first-order valence-corrected chi connectivity index (χ1v) is 10.5. The van der Waals surface area contributed by atoms with Gasteiger partial charge >= 0.3 is 0 Å². The third kappa shape index (κ3) is 4.18. The van der Waals surface area contributed by atoms with Gasteiger partial charge in [0.15, 0.2) is 0 Å². The summed E-state index contributed by atoms with van der Waals surface area (Å²) < 4.78 is 2.83. The fourth-order valence-electron chi connectivity index (χ4n) is 3.56. The highest BCUT2D eigenvalue weighted by atomic mass is 35.5. The van der Waals surface area contributed by atoms with E-state index in [0.717, 1.165) is 40.3 Å². The number of likely N-dealkylation sites (tertiary alicyclic amines) is 1. The van der Waals surface area contributed by atoms with Gasteiger partial charge in [-0.05, 0) is 43.5 Å². The molecule has 27 heavy (non-hydrogen) atoms. The minimum atomic E-state index is 0.0529. The maximum atomic E-state index is 13.3. The van der Waals surface area contributed by atoms with Gasteiger partial charge in [-0.3, -0.25) is 9.48 Å². The highest BCUT2D eigenvalue weighted by molar-refractivity contribution is 7.20. The number of amides is 1. The van der Waals surface area contributed by atoms with Gasteiger partial charge < -0.3 is 9.80 Å². The van der Waals surface area contributed by atoms with E-state index in [1.807, 2.05) is 36.2 Å². The number of carbonyl (C=O) groups excluding carboxylic acids is 1. The van der Waals surface area contributed by atoms with Crippen molar-refractivity contribution in [3.8, 4) is 0 Å². The minimum Gasteiger partial charge on any atom is -0.331 e. The number of aromatic nitrogens is 2. The normalized spacial score (nSPS) is 14.9. The number of aryl methyl sites for hydroxylation is 1. The monoisotopic (exact) mass is 402 g/mol. The van der Waals surface area contributed by atoms with Crippen LogP contribution in [0, 0.1) is 0 Å². The standard InChI is InChI=1S/C20H23ClN4OS/c1-23-13-16(21)17(22-23)14-25(11-10-24-8-4-5-9-24)20(26)19-12-15-6-2-3-7-18(15)27-19/h2-3,6-7,12-13H,4-5,8-11,14H2,1H3. The lowest BCUT2D eigenvalue weighted by atomic mass is 10.2. The zero-order chi connectivity index (χ0) is 18.8. The van der Waals surface area contributed by atoms with Gasteiger partial charge in [-0.1, -0.05) is 29.8 Å². The van der Waals surface area contributed by atoms with Crippen LogP contribution >= 0.6 is 22.9 Å². The van der Waals surface area contributed by atoms with Crippen LogP contribution in [-0.4, -0.2) is 51.7 Å². The summed E-state index contributed by atoms with van der Waals surface area (Å²) in [4.78, 5) is 18.4. The van der Waals surface area contributed by atoms with Crippen LogP contribution in [0.2, 0.25) is 5.02 Å². The third-order valence-electron chi connectivity index (χ3n) is 5.00. The van der Waals surface area contributed by atoms with E-state index in [4.69, 9.17) is 11.6 Å². The summed E-state index contributed by atoms with van der Waals surface area (Å²) in [5.74, 6) is 0.0529. The van der Waals surface area contributed by atoms with Crippen molar-refractivity contribution >= 4 is 38.9 Å². The van der Waals surface area contributed by atoms with E-state index in [9.17, 15) is 4.79 Å². The maximum Gasteiger partial charge on any atom is 0.264 e. The Bertz CT molecular complexity index is 912. The van der Waals surface area contributed by atoms with Crippen LogP contribution < -0.4 is 0 Å². The Morgan fingerprint density at radius 1 is 1.30 bits per heavy atom. The Hall–Kier alpha value is -1.89. The van der Waals surface area contributed by atoms with Crippen molar-refractivity contribution in [1.82, 2.24) is 19.6 Å². The van der Waals surface area contributed by atoms with Crippen LogP contribution in [0.1, 0.15) is 28.2 Å². The molecule has 7 heteroatoms. The topological polar surface area (TPSA) is 41.4 Å². The molecule has 0 bridgehead atoms. The minimum absolute atomic E-state index is 0.0529. The van der Waals surface area contributed by atoms with Crippen LogP contribution in [0.25, 0.3) is 10.1 Å². The highest BCUT2D eigenvalue weighted by Gasteiger charge is 2.22. The predicted octanol–water partition coefficient (Wildman–Crippen LogP) is 4.03. The second-order valence-electron chi connectivity index (χ2n) is 7.02. The zero-order valence-corrected chi connectivity index (χ0v) is 17.0. The average Bonchev–Trinajstić information content (AvgIpc) is 3.38. The second-order valence-corrected chi connectivity index (χ2v) is 8.51. The first kappa shape index (κ1) is 18.5. The molecule has 4 rings (SSSR count). The summed E-state index contributed by atoms with van der Waals surface area (Å²) in [6, 6.07) is 10.1. The number of rotatable bonds is 6. The molecule has 0 saturated carbocycles. The summed E-state index contributed by atoms with van der Waals surface area (Å²) in [7, 11) is 1.85. The van der Waals surface area contributed by atoms with Crippen molar-refractivity contribution in [2.45, 2.75) is 19.4 Å². The first-order valence-electron chi connectivity index (χ1n) is 9.28. The molecular weight excluding hydrogens is 380 g/mol. The van der Waals surface area contributed by atoms with Crippen LogP contribution in [0.15, 0.2) is 36.5 Å². The van der Waals surface area contributed by atoms with Gasteiger partial charge in [0.25, 0.3) is 5.91 Å². The first-order chi connectivity index (χ1) is 13.1. The lowest BCUT2D eigenvalue weighted by Gasteiger charge is -2.24. The van der Waals surface area contributed by atoms with Crippen molar-refractivity contribution in [1.29, 1.82) is 0 Å². The zero-order valence-electron chi connectivity index (χ0n) is 15.4. The molecule has 0 radical (unpaired) electrons. The van der Waals surface area contributed by atoms with E-state index in [1.165, 1.54) is 12.8 Å². The van der Waals surface area contributed by atoms with Crippen molar-refractivity contribution in [2.75, 3.05) is 26.2 Å². The summed E-state index contributed by atoms with van der Waals surface area (Å²) in [5.41, 5.74) is 0.745. The van der Waals surface area contributed by atoms with Gasteiger partial charge in [-0.25, -0.2) is 0 Å². The number of benzene rings is 1. The molecule has 0 aliphatic carbocycles.